The Bertz CT molecular complexity index is 353. The van der Waals surface area contributed by atoms with Crippen LogP contribution in [0.1, 0.15) is 12.6 Å². The Morgan fingerprint density at radius 3 is 2.92 bits per heavy atom. The summed E-state index contributed by atoms with van der Waals surface area (Å²) in [4.78, 5) is 14.0. The van der Waals surface area contributed by atoms with E-state index in [4.69, 9.17) is 17.0 Å². The number of nitrogens with zero attached hydrogens (tertiary/aromatic N) is 1. The molecule has 0 bridgehead atoms. The van der Waals surface area contributed by atoms with Crippen molar-refractivity contribution in [3.8, 4) is 0 Å². The summed E-state index contributed by atoms with van der Waals surface area (Å²) in [5, 5.41) is 0. The van der Waals surface area contributed by atoms with Crippen molar-refractivity contribution in [3.63, 3.8) is 0 Å². The molecule has 1 rings (SSSR count). The van der Waals surface area contributed by atoms with E-state index in [2.05, 4.69) is 4.98 Å². The predicted molar refractivity (Wildman–Crippen MR) is 50.9 cm³/mol. The zero-order valence-electron chi connectivity index (χ0n) is 7.66. The number of rotatable bonds is 3. The minimum absolute atomic E-state index is 0.237. The van der Waals surface area contributed by atoms with Gasteiger partial charge in [0.25, 0.3) is 0 Å². The predicted octanol–water partition coefficient (Wildman–Crippen LogP) is 1.19. The lowest BCUT2D eigenvalue weighted by atomic mass is 10.3. The second-order valence-electron chi connectivity index (χ2n) is 2.68. The summed E-state index contributed by atoms with van der Waals surface area (Å²) in [7, 11) is 1.83. The van der Waals surface area contributed by atoms with E-state index in [1.807, 2.05) is 7.05 Å². The fourth-order valence-corrected chi connectivity index (χ4v) is 1.19. The van der Waals surface area contributed by atoms with E-state index in [0.29, 0.717) is 11.4 Å². The highest BCUT2D eigenvalue weighted by Crippen LogP contribution is 1.99. The quantitative estimate of drug-likeness (QED) is 0.589. The molecule has 1 heterocycles. The van der Waals surface area contributed by atoms with Gasteiger partial charge in [0.15, 0.2) is 4.77 Å². The maximum atomic E-state index is 11.0. The lowest BCUT2D eigenvalue weighted by molar-refractivity contribution is -0.142. The van der Waals surface area contributed by atoms with Gasteiger partial charge in [-0.3, -0.25) is 4.79 Å². The summed E-state index contributed by atoms with van der Waals surface area (Å²) >= 11 is 4.95. The molecule has 5 heteroatoms. The summed E-state index contributed by atoms with van der Waals surface area (Å²) in [5.41, 5.74) is 0.783. The molecule has 0 unspecified atom stereocenters. The Kier molecular flexibility index (Phi) is 3.25. The molecule has 0 aliphatic carbocycles. The molecule has 0 aliphatic rings. The molecular weight excluding hydrogens is 188 g/mol. The molecule has 0 aromatic carbocycles. The first-order chi connectivity index (χ1) is 6.13. The van der Waals surface area contributed by atoms with Crippen LogP contribution in [0.25, 0.3) is 0 Å². The van der Waals surface area contributed by atoms with Crippen LogP contribution in [-0.4, -0.2) is 22.1 Å². The molecule has 0 fully saturated rings. The van der Waals surface area contributed by atoms with Crippen molar-refractivity contribution in [1.82, 2.24) is 9.55 Å². The van der Waals surface area contributed by atoms with Crippen LogP contribution in [0.2, 0.25) is 0 Å². The van der Waals surface area contributed by atoms with Gasteiger partial charge in [-0.1, -0.05) is 0 Å². The Labute approximate surface area is 81.5 Å². The smallest absolute Gasteiger partial charge is 0.311 e. The van der Waals surface area contributed by atoms with Crippen molar-refractivity contribution in [1.29, 1.82) is 0 Å². The minimum Gasteiger partial charge on any atom is -0.466 e. The van der Waals surface area contributed by atoms with Crippen molar-refractivity contribution >= 4 is 18.2 Å². The summed E-state index contributed by atoms with van der Waals surface area (Å²) in [6.45, 7) is 2.19. The normalized spacial score (nSPS) is 10.0. The van der Waals surface area contributed by atoms with Crippen LogP contribution < -0.4 is 0 Å². The monoisotopic (exact) mass is 200 g/mol. The first-order valence-corrected chi connectivity index (χ1v) is 4.44. The average molecular weight is 200 g/mol. The molecule has 1 N–H and O–H groups in total. The van der Waals surface area contributed by atoms with Gasteiger partial charge in [-0.25, -0.2) is 0 Å². The van der Waals surface area contributed by atoms with Gasteiger partial charge in [0.05, 0.1) is 13.0 Å². The van der Waals surface area contributed by atoms with Gasteiger partial charge in [0.1, 0.15) is 0 Å². The van der Waals surface area contributed by atoms with E-state index in [1.54, 1.807) is 17.7 Å². The maximum absolute atomic E-state index is 11.0. The molecule has 0 radical (unpaired) electrons. The summed E-state index contributed by atoms with van der Waals surface area (Å²) in [5.74, 6) is -0.237. The van der Waals surface area contributed by atoms with Gasteiger partial charge in [-0.15, -0.1) is 0 Å². The number of nitrogens with one attached hydrogen (secondary N) is 1. The van der Waals surface area contributed by atoms with E-state index in [0.717, 1.165) is 5.69 Å². The molecule has 72 valence electrons. The Balaban J connectivity index is 2.64. The minimum atomic E-state index is -0.237. The number of carbonyl (C=O) groups excluding carboxylic acids is 1. The van der Waals surface area contributed by atoms with Gasteiger partial charge >= 0.3 is 5.97 Å². The highest BCUT2D eigenvalue weighted by atomic mass is 32.1. The first-order valence-electron chi connectivity index (χ1n) is 4.03. The molecule has 0 saturated carbocycles. The van der Waals surface area contributed by atoms with Crippen LogP contribution >= 0.6 is 12.2 Å². The van der Waals surface area contributed by atoms with E-state index < -0.39 is 0 Å². The molecule has 13 heavy (non-hydrogen) atoms. The lowest BCUT2D eigenvalue weighted by Gasteiger charge is -1.98. The van der Waals surface area contributed by atoms with E-state index in [9.17, 15) is 4.79 Å². The van der Waals surface area contributed by atoms with Gasteiger partial charge in [0.2, 0.25) is 0 Å². The van der Waals surface area contributed by atoms with E-state index >= 15 is 0 Å². The number of hydrogen-bond donors (Lipinski definition) is 1. The maximum Gasteiger partial charge on any atom is 0.311 e. The Morgan fingerprint density at radius 2 is 2.46 bits per heavy atom. The van der Waals surface area contributed by atoms with Crippen molar-refractivity contribution in [2.45, 2.75) is 13.3 Å². The Morgan fingerprint density at radius 1 is 1.77 bits per heavy atom. The third-order valence-electron chi connectivity index (χ3n) is 1.58. The summed E-state index contributed by atoms with van der Waals surface area (Å²) in [6.07, 6.45) is 2.04. The van der Waals surface area contributed by atoms with Crippen molar-refractivity contribution in [2.24, 2.45) is 7.05 Å². The zero-order chi connectivity index (χ0) is 9.84. The third-order valence-corrected chi connectivity index (χ3v) is 1.97. The molecule has 1 aromatic heterocycles. The molecule has 0 saturated heterocycles. The van der Waals surface area contributed by atoms with Crippen LogP contribution in [0.5, 0.6) is 0 Å². The van der Waals surface area contributed by atoms with Crippen LogP contribution in [0.4, 0.5) is 0 Å². The number of H-pyrrole nitrogens is 1. The molecule has 0 atom stereocenters. The second kappa shape index (κ2) is 4.23. The Hall–Kier alpha value is -1.10. The highest BCUT2D eigenvalue weighted by molar-refractivity contribution is 7.71. The van der Waals surface area contributed by atoms with E-state index in [-0.39, 0.29) is 12.4 Å². The molecule has 0 aliphatic heterocycles. The second-order valence-corrected chi connectivity index (χ2v) is 3.06. The molecule has 0 spiro atoms. The number of aromatic amines is 1. The number of esters is 1. The van der Waals surface area contributed by atoms with Crippen molar-refractivity contribution in [2.75, 3.05) is 6.61 Å². The average Bonchev–Trinajstić information content (AvgIpc) is 2.31. The number of aryl methyl sites for hydroxylation is 1. The highest BCUT2D eigenvalue weighted by Gasteiger charge is 2.05. The van der Waals surface area contributed by atoms with Gasteiger partial charge in [-0.2, -0.15) is 0 Å². The van der Waals surface area contributed by atoms with Crippen LogP contribution in [0.3, 0.4) is 0 Å². The standard InChI is InChI=1S/C8H12N2O2S/c1-3-12-7(11)4-6-5-10(2)8(13)9-6/h5H,3-4H2,1-2H3,(H,9,13). The zero-order valence-corrected chi connectivity index (χ0v) is 8.48. The number of ether oxygens (including phenoxy) is 1. The van der Waals surface area contributed by atoms with Crippen molar-refractivity contribution in [3.05, 3.63) is 16.7 Å². The number of aromatic nitrogens is 2. The van der Waals surface area contributed by atoms with E-state index in [1.165, 1.54) is 0 Å². The number of hydrogen-bond acceptors (Lipinski definition) is 3. The SMILES string of the molecule is CCOC(=O)Cc1cn(C)c(=S)[nH]1. The summed E-state index contributed by atoms with van der Waals surface area (Å²) < 4.78 is 7.16. The molecule has 1 aromatic rings. The first kappa shape index (κ1) is 9.98. The van der Waals surface area contributed by atoms with Crippen LogP contribution in [-0.2, 0) is 23.0 Å². The lowest BCUT2D eigenvalue weighted by Crippen LogP contribution is -2.07. The molecule has 0 amide bonds. The fourth-order valence-electron chi connectivity index (χ4n) is 1.01. The van der Waals surface area contributed by atoms with Crippen LogP contribution in [0.15, 0.2) is 6.20 Å². The van der Waals surface area contributed by atoms with Gasteiger partial charge < -0.3 is 14.3 Å². The number of imidazole rings is 1. The number of carbonyl (C=O) groups is 1. The molecule has 4 nitrogen and oxygen atoms in total. The largest absolute Gasteiger partial charge is 0.466 e. The van der Waals surface area contributed by atoms with Crippen LogP contribution in [0, 0.1) is 4.77 Å². The van der Waals surface area contributed by atoms with Gasteiger partial charge in [-0.05, 0) is 19.1 Å². The van der Waals surface area contributed by atoms with Crippen molar-refractivity contribution < 1.29 is 9.53 Å². The fraction of sp³-hybridized carbons (Fsp3) is 0.500. The topological polar surface area (TPSA) is 47.0 Å². The molecular formula is C8H12N2O2S. The third kappa shape index (κ3) is 2.69. The van der Waals surface area contributed by atoms with Gasteiger partial charge in [0, 0.05) is 18.9 Å². The summed E-state index contributed by atoms with van der Waals surface area (Å²) in [6, 6.07) is 0.